The number of halogens is 3. The van der Waals surface area contributed by atoms with Gasteiger partial charge in [0.15, 0.2) is 5.95 Å². The maximum absolute atomic E-state index is 11.8. The number of rotatable bonds is 6. The van der Waals surface area contributed by atoms with E-state index in [1.807, 2.05) is 23.7 Å². The van der Waals surface area contributed by atoms with Crippen LogP contribution in [0.5, 0.6) is 5.75 Å². The minimum Gasteiger partial charge on any atom is -0.497 e. The van der Waals surface area contributed by atoms with Gasteiger partial charge in [-0.25, -0.2) is 4.98 Å². The number of methoxy groups -OCH3 is 1. The number of anilines is 1. The molecule has 0 saturated carbocycles. The molecule has 0 radical (unpaired) electrons. The lowest BCUT2D eigenvalue weighted by atomic mass is 9.89. The number of nitrogen functional groups attached to an aromatic ring is 1. The van der Waals surface area contributed by atoms with Gasteiger partial charge in [-0.15, -0.1) is 0 Å². The summed E-state index contributed by atoms with van der Waals surface area (Å²) in [5.74, 6) is 2.00. The Bertz CT molecular complexity index is 1180. The summed E-state index contributed by atoms with van der Waals surface area (Å²) >= 11 is 0. The number of hydrogen-bond donors (Lipinski definition) is 2. The molecule has 0 spiro atoms. The molecule has 3 aromatic rings. The minimum atomic E-state index is -4.21. The molecule has 1 aliphatic carbocycles. The van der Waals surface area contributed by atoms with E-state index in [0.717, 1.165) is 43.5 Å². The Kier molecular flexibility index (Phi) is 11.9. The molecule has 0 saturated heterocycles. The van der Waals surface area contributed by atoms with Gasteiger partial charge in [0.1, 0.15) is 5.75 Å². The zero-order valence-corrected chi connectivity index (χ0v) is 22.2. The second kappa shape index (κ2) is 14.8. The van der Waals surface area contributed by atoms with Crippen LogP contribution in [0.2, 0.25) is 0 Å². The van der Waals surface area contributed by atoms with Crippen LogP contribution in [0.1, 0.15) is 41.8 Å². The molecule has 8 heteroatoms. The largest absolute Gasteiger partial charge is 0.497 e. The maximum atomic E-state index is 11.8. The standard InChI is InChI=1S/C22H27N3O.C7H5F3.CH4O/c1-4-19(17-11-13-18(26-3)14-12-17)21-20(25(2)22(23)24-21)15-16-9-7-5-6-8-10-16;8-7(9,10)6-4-2-1-3-5-6;1-2/h5-14,16,19H,4,15H2,1-3H3,(H2,23,24);1-5H;2H,1H3. The molecule has 0 fully saturated rings. The fourth-order valence-corrected chi connectivity index (χ4v) is 4.11. The average Bonchev–Trinajstić information content (AvgIpc) is 3.10. The molecular formula is C30H36F3N3O2. The summed E-state index contributed by atoms with van der Waals surface area (Å²) in [6.07, 6.45) is 10.4. The van der Waals surface area contributed by atoms with Crippen molar-refractivity contribution in [3.8, 4) is 5.75 Å². The third kappa shape index (κ3) is 8.38. The summed E-state index contributed by atoms with van der Waals surface area (Å²) in [4.78, 5) is 4.73. The number of alkyl halides is 3. The summed E-state index contributed by atoms with van der Waals surface area (Å²) in [6, 6.07) is 14.6. The Morgan fingerprint density at radius 1 is 0.974 bits per heavy atom. The molecule has 38 heavy (non-hydrogen) atoms. The fourth-order valence-electron chi connectivity index (χ4n) is 4.11. The molecule has 0 amide bonds. The van der Waals surface area contributed by atoms with Crippen LogP contribution in [0.25, 0.3) is 0 Å². The normalized spacial score (nSPS) is 13.6. The number of hydrogen-bond acceptors (Lipinski definition) is 4. The summed E-state index contributed by atoms with van der Waals surface area (Å²) < 4.78 is 42.7. The van der Waals surface area contributed by atoms with Crippen LogP contribution in [0, 0.1) is 5.92 Å². The first kappa shape index (κ1) is 30.4. The Balaban J connectivity index is 0.000000353. The van der Waals surface area contributed by atoms with E-state index in [0.29, 0.717) is 11.9 Å². The molecule has 1 atom stereocenters. The SMILES string of the molecule is CCC(c1ccc(OC)cc1)c1nc(N)n(C)c1CC1C=CC=CC=C1.CO.FC(F)(F)c1ccccc1. The number of nitrogens with two attached hydrogens (primary N) is 1. The van der Waals surface area contributed by atoms with Gasteiger partial charge in [-0.3, -0.25) is 0 Å². The minimum absolute atomic E-state index is 0.219. The van der Waals surface area contributed by atoms with Crippen molar-refractivity contribution in [1.82, 2.24) is 9.55 Å². The molecule has 3 N–H and O–H groups in total. The van der Waals surface area contributed by atoms with E-state index in [1.165, 1.54) is 23.4 Å². The molecule has 1 heterocycles. The topological polar surface area (TPSA) is 73.3 Å². The van der Waals surface area contributed by atoms with Crippen LogP contribution in [0.15, 0.2) is 91.1 Å². The van der Waals surface area contributed by atoms with E-state index in [-0.39, 0.29) is 5.92 Å². The van der Waals surface area contributed by atoms with Gasteiger partial charge in [-0.05, 0) is 30.5 Å². The molecule has 1 aromatic heterocycles. The molecule has 0 aliphatic heterocycles. The van der Waals surface area contributed by atoms with E-state index in [1.54, 1.807) is 13.2 Å². The molecule has 2 aromatic carbocycles. The summed E-state index contributed by atoms with van der Waals surface area (Å²) in [7, 11) is 4.69. The first-order valence-electron chi connectivity index (χ1n) is 12.3. The van der Waals surface area contributed by atoms with Gasteiger partial charge in [-0.1, -0.05) is 85.8 Å². The van der Waals surface area contributed by atoms with Crippen molar-refractivity contribution in [3.63, 3.8) is 0 Å². The average molecular weight is 528 g/mol. The first-order valence-corrected chi connectivity index (χ1v) is 12.3. The zero-order valence-electron chi connectivity index (χ0n) is 22.2. The van der Waals surface area contributed by atoms with Crippen molar-refractivity contribution < 1.29 is 23.0 Å². The number of aliphatic hydroxyl groups is 1. The fraction of sp³-hybridized carbons (Fsp3) is 0.300. The maximum Gasteiger partial charge on any atom is 0.416 e. The van der Waals surface area contributed by atoms with Gasteiger partial charge in [0, 0.05) is 31.7 Å². The van der Waals surface area contributed by atoms with E-state index < -0.39 is 11.7 Å². The van der Waals surface area contributed by atoms with E-state index in [9.17, 15) is 13.2 Å². The Hall–Kier alpha value is -3.78. The van der Waals surface area contributed by atoms with Crippen molar-refractivity contribution in [2.24, 2.45) is 13.0 Å². The van der Waals surface area contributed by atoms with Crippen LogP contribution in [-0.2, 0) is 19.6 Å². The molecular weight excluding hydrogens is 491 g/mol. The number of benzene rings is 2. The van der Waals surface area contributed by atoms with Crippen LogP contribution in [0.4, 0.5) is 19.1 Å². The highest BCUT2D eigenvalue weighted by Gasteiger charge is 2.29. The summed E-state index contributed by atoms with van der Waals surface area (Å²) in [5.41, 5.74) is 9.09. The van der Waals surface area contributed by atoms with E-state index >= 15 is 0 Å². The molecule has 5 nitrogen and oxygen atoms in total. The van der Waals surface area contributed by atoms with Crippen LogP contribution < -0.4 is 10.5 Å². The second-order valence-corrected chi connectivity index (χ2v) is 8.48. The van der Waals surface area contributed by atoms with Crippen molar-refractivity contribution in [2.75, 3.05) is 20.0 Å². The van der Waals surface area contributed by atoms with E-state index in [2.05, 4.69) is 55.5 Å². The van der Waals surface area contributed by atoms with Crippen molar-refractivity contribution in [2.45, 2.75) is 31.9 Å². The zero-order chi connectivity index (χ0) is 28.1. The predicted octanol–water partition coefficient (Wildman–Crippen LogP) is 6.71. The molecule has 0 bridgehead atoms. The van der Waals surface area contributed by atoms with Gasteiger partial charge >= 0.3 is 6.18 Å². The van der Waals surface area contributed by atoms with Crippen molar-refractivity contribution >= 4 is 5.95 Å². The second-order valence-electron chi connectivity index (χ2n) is 8.48. The van der Waals surface area contributed by atoms with Gasteiger partial charge in [-0.2, -0.15) is 13.2 Å². The molecule has 4 rings (SSSR count). The van der Waals surface area contributed by atoms with Gasteiger partial charge in [0.2, 0.25) is 0 Å². The quantitative estimate of drug-likeness (QED) is 0.374. The summed E-state index contributed by atoms with van der Waals surface area (Å²) in [6.45, 7) is 2.19. The number of ether oxygens (including phenoxy) is 1. The Morgan fingerprint density at radius 3 is 2.03 bits per heavy atom. The van der Waals surface area contributed by atoms with Crippen LogP contribution in [0.3, 0.4) is 0 Å². The predicted molar refractivity (Wildman–Crippen MR) is 147 cm³/mol. The highest BCUT2D eigenvalue weighted by molar-refractivity contribution is 5.40. The van der Waals surface area contributed by atoms with Gasteiger partial charge in [0.25, 0.3) is 0 Å². The first-order chi connectivity index (χ1) is 18.2. The van der Waals surface area contributed by atoms with Crippen molar-refractivity contribution in [1.29, 1.82) is 0 Å². The third-order valence-electron chi connectivity index (χ3n) is 6.12. The van der Waals surface area contributed by atoms with Gasteiger partial charge in [0.05, 0.1) is 18.4 Å². The number of imidazole rings is 1. The molecule has 204 valence electrons. The highest BCUT2D eigenvalue weighted by atomic mass is 19.4. The molecule has 1 aliphatic rings. The van der Waals surface area contributed by atoms with Crippen LogP contribution in [-0.4, -0.2) is 28.9 Å². The lowest BCUT2D eigenvalue weighted by Crippen LogP contribution is -2.10. The Morgan fingerprint density at radius 2 is 1.55 bits per heavy atom. The number of aromatic nitrogens is 2. The smallest absolute Gasteiger partial charge is 0.416 e. The monoisotopic (exact) mass is 527 g/mol. The number of allylic oxidation sites excluding steroid dienone is 6. The highest BCUT2D eigenvalue weighted by Crippen LogP contribution is 2.33. The van der Waals surface area contributed by atoms with Crippen molar-refractivity contribution in [3.05, 3.63) is 114 Å². The number of aliphatic hydroxyl groups excluding tert-OH is 1. The van der Waals surface area contributed by atoms with Gasteiger partial charge < -0.3 is 20.1 Å². The lowest BCUT2D eigenvalue weighted by Gasteiger charge is -2.18. The summed E-state index contributed by atoms with van der Waals surface area (Å²) in [5, 5.41) is 7.00. The molecule has 1 unspecified atom stereocenters. The van der Waals surface area contributed by atoms with Crippen LogP contribution >= 0.6 is 0 Å². The lowest BCUT2D eigenvalue weighted by molar-refractivity contribution is -0.137. The number of nitrogens with zero attached hydrogens (tertiary/aromatic N) is 2. The third-order valence-corrected chi connectivity index (χ3v) is 6.12. The van der Waals surface area contributed by atoms with E-state index in [4.69, 9.17) is 20.6 Å². The Labute approximate surface area is 222 Å².